The number of carbonyl (C=O) groups is 1. The first kappa shape index (κ1) is 16.5. The quantitative estimate of drug-likeness (QED) is 0.917. The Balaban J connectivity index is 2.27. The van der Waals surface area contributed by atoms with Crippen molar-refractivity contribution < 1.29 is 9.90 Å². The van der Waals surface area contributed by atoms with Crippen LogP contribution in [-0.4, -0.2) is 34.6 Å². The van der Waals surface area contributed by atoms with Crippen molar-refractivity contribution in [2.45, 2.75) is 45.8 Å². The van der Waals surface area contributed by atoms with Crippen molar-refractivity contribution in [1.82, 2.24) is 4.90 Å². The van der Waals surface area contributed by atoms with Gasteiger partial charge in [-0.05, 0) is 44.0 Å². The molecule has 0 aliphatic carbocycles. The molecule has 0 fully saturated rings. The average molecular weight is 299 g/mol. The van der Waals surface area contributed by atoms with Crippen LogP contribution in [0.2, 0.25) is 0 Å². The Kier molecular flexibility index (Phi) is 5.19. The molecule has 0 radical (unpaired) electrons. The first-order valence-corrected chi connectivity index (χ1v) is 7.87. The van der Waals surface area contributed by atoms with E-state index in [0.717, 1.165) is 10.9 Å². The molecular weight excluding hydrogens is 274 g/mol. The van der Waals surface area contributed by atoms with Gasteiger partial charge in [-0.2, -0.15) is 0 Å². The van der Waals surface area contributed by atoms with E-state index in [1.807, 2.05) is 39.0 Å². The minimum Gasteiger partial charge on any atom is -0.392 e. The van der Waals surface area contributed by atoms with E-state index in [-0.39, 0.29) is 17.9 Å². The molecule has 3 heteroatoms. The number of benzene rings is 2. The van der Waals surface area contributed by atoms with Crippen LogP contribution in [0.4, 0.5) is 0 Å². The van der Waals surface area contributed by atoms with Crippen molar-refractivity contribution in [2.75, 3.05) is 6.54 Å². The average Bonchev–Trinajstić information content (AvgIpc) is 2.50. The second-order valence-electron chi connectivity index (χ2n) is 6.26. The van der Waals surface area contributed by atoms with Crippen molar-refractivity contribution in [3.8, 4) is 0 Å². The van der Waals surface area contributed by atoms with Gasteiger partial charge in [-0.25, -0.2) is 0 Å². The molecule has 118 valence electrons. The third-order valence-corrected chi connectivity index (χ3v) is 4.01. The summed E-state index contributed by atoms with van der Waals surface area (Å²) in [5, 5.41) is 11.9. The summed E-state index contributed by atoms with van der Waals surface area (Å²) in [6.45, 7) is 7.97. The Morgan fingerprint density at radius 3 is 2.27 bits per heavy atom. The van der Waals surface area contributed by atoms with Gasteiger partial charge in [0.15, 0.2) is 0 Å². The summed E-state index contributed by atoms with van der Waals surface area (Å²) in [6, 6.07) is 14.4. The third kappa shape index (κ3) is 3.66. The summed E-state index contributed by atoms with van der Waals surface area (Å²) >= 11 is 0. The lowest BCUT2D eigenvalue weighted by Gasteiger charge is -2.30. The number of aliphatic hydroxyl groups excluding tert-OH is 1. The minimum absolute atomic E-state index is 0.0613. The topological polar surface area (TPSA) is 40.5 Å². The summed E-state index contributed by atoms with van der Waals surface area (Å²) in [7, 11) is 0. The Morgan fingerprint density at radius 2 is 1.68 bits per heavy atom. The molecule has 0 saturated heterocycles. The molecule has 2 aromatic carbocycles. The number of nitrogens with zero attached hydrogens (tertiary/aromatic N) is 1. The Hall–Kier alpha value is -1.87. The molecule has 0 aliphatic rings. The van der Waals surface area contributed by atoms with Gasteiger partial charge in [0.1, 0.15) is 0 Å². The summed E-state index contributed by atoms with van der Waals surface area (Å²) in [5.41, 5.74) is 1.01. The number of hydrogen-bond acceptors (Lipinski definition) is 2. The second-order valence-corrected chi connectivity index (χ2v) is 6.26. The number of rotatable bonds is 5. The van der Waals surface area contributed by atoms with Gasteiger partial charge in [0.2, 0.25) is 5.91 Å². The van der Waals surface area contributed by atoms with E-state index in [0.29, 0.717) is 6.54 Å². The smallest absolute Gasteiger partial charge is 0.230 e. The molecule has 2 rings (SSSR count). The van der Waals surface area contributed by atoms with E-state index < -0.39 is 6.10 Å². The Morgan fingerprint density at radius 1 is 1.05 bits per heavy atom. The van der Waals surface area contributed by atoms with Crippen LogP contribution in [0, 0.1) is 0 Å². The van der Waals surface area contributed by atoms with Crippen LogP contribution in [0.5, 0.6) is 0 Å². The van der Waals surface area contributed by atoms with Gasteiger partial charge < -0.3 is 10.0 Å². The zero-order valence-electron chi connectivity index (χ0n) is 13.8. The largest absolute Gasteiger partial charge is 0.392 e. The predicted molar refractivity (Wildman–Crippen MR) is 90.9 cm³/mol. The molecule has 0 aliphatic heterocycles. The van der Waals surface area contributed by atoms with Gasteiger partial charge in [0.05, 0.1) is 12.0 Å². The fraction of sp³-hybridized carbons (Fsp3) is 0.421. The monoisotopic (exact) mass is 299 g/mol. The number of aliphatic hydroxyl groups is 1. The van der Waals surface area contributed by atoms with Crippen molar-refractivity contribution in [3.63, 3.8) is 0 Å². The zero-order chi connectivity index (χ0) is 16.3. The highest BCUT2D eigenvalue weighted by Gasteiger charge is 2.25. The molecule has 0 bridgehead atoms. The number of amides is 1. The van der Waals surface area contributed by atoms with Crippen LogP contribution in [0.15, 0.2) is 42.5 Å². The van der Waals surface area contributed by atoms with Crippen molar-refractivity contribution in [1.29, 1.82) is 0 Å². The van der Waals surface area contributed by atoms with Crippen molar-refractivity contribution >= 4 is 16.7 Å². The molecule has 22 heavy (non-hydrogen) atoms. The van der Waals surface area contributed by atoms with Gasteiger partial charge in [0.25, 0.3) is 0 Å². The van der Waals surface area contributed by atoms with E-state index in [1.165, 1.54) is 5.39 Å². The van der Waals surface area contributed by atoms with E-state index in [4.69, 9.17) is 0 Å². The Labute approximate surface area is 132 Å². The van der Waals surface area contributed by atoms with Crippen LogP contribution in [0.1, 0.15) is 39.2 Å². The van der Waals surface area contributed by atoms with Gasteiger partial charge >= 0.3 is 0 Å². The third-order valence-electron chi connectivity index (χ3n) is 4.01. The lowest BCUT2D eigenvalue weighted by atomic mass is 9.96. The van der Waals surface area contributed by atoms with Crippen LogP contribution in [-0.2, 0) is 4.79 Å². The van der Waals surface area contributed by atoms with E-state index in [9.17, 15) is 9.90 Å². The zero-order valence-corrected chi connectivity index (χ0v) is 13.8. The highest BCUT2D eigenvalue weighted by Crippen LogP contribution is 2.24. The molecule has 3 nitrogen and oxygen atoms in total. The van der Waals surface area contributed by atoms with E-state index in [2.05, 4.69) is 24.3 Å². The van der Waals surface area contributed by atoms with Gasteiger partial charge in [-0.3, -0.25) is 4.79 Å². The molecule has 0 aromatic heterocycles. The molecule has 0 spiro atoms. The van der Waals surface area contributed by atoms with Gasteiger partial charge in [-0.1, -0.05) is 42.5 Å². The maximum Gasteiger partial charge on any atom is 0.230 e. The number of carbonyl (C=O) groups excluding carboxylic acids is 1. The highest BCUT2D eigenvalue weighted by molar-refractivity contribution is 5.87. The lowest BCUT2D eigenvalue weighted by molar-refractivity contribution is -0.135. The van der Waals surface area contributed by atoms with E-state index in [1.54, 1.807) is 11.8 Å². The molecule has 2 atom stereocenters. The lowest BCUT2D eigenvalue weighted by Crippen LogP contribution is -2.43. The van der Waals surface area contributed by atoms with Crippen LogP contribution >= 0.6 is 0 Å². The minimum atomic E-state index is -0.518. The van der Waals surface area contributed by atoms with Crippen molar-refractivity contribution in [3.05, 3.63) is 48.0 Å². The number of hydrogen-bond donors (Lipinski definition) is 1. The fourth-order valence-corrected chi connectivity index (χ4v) is 2.71. The molecular formula is C19H25NO2. The van der Waals surface area contributed by atoms with Crippen LogP contribution in [0.3, 0.4) is 0 Å². The van der Waals surface area contributed by atoms with Crippen LogP contribution in [0.25, 0.3) is 10.8 Å². The fourth-order valence-electron chi connectivity index (χ4n) is 2.71. The van der Waals surface area contributed by atoms with E-state index >= 15 is 0 Å². The maximum absolute atomic E-state index is 12.8. The first-order chi connectivity index (χ1) is 10.4. The number of fused-ring (bicyclic) bond motifs is 1. The maximum atomic E-state index is 12.8. The molecule has 2 aromatic rings. The Bertz CT molecular complexity index is 649. The summed E-state index contributed by atoms with van der Waals surface area (Å²) < 4.78 is 0. The molecule has 0 saturated carbocycles. The molecule has 1 N–H and O–H groups in total. The molecule has 2 unspecified atom stereocenters. The normalized spacial score (nSPS) is 14.1. The summed E-state index contributed by atoms with van der Waals surface area (Å²) in [6.07, 6.45) is -0.518. The standard InChI is InChI=1S/C19H25NO2/c1-13(2)20(12-14(3)21)19(22)15(4)17-10-9-16-7-5-6-8-18(16)11-17/h5-11,13-15,21H,12H2,1-4H3. The summed E-state index contributed by atoms with van der Waals surface area (Å²) in [5.74, 6) is -0.156. The highest BCUT2D eigenvalue weighted by atomic mass is 16.3. The van der Waals surface area contributed by atoms with Gasteiger partial charge in [-0.15, -0.1) is 0 Å². The predicted octanol–water partition coefficient (Wildman–Crippen LogP) is 3.56. The SMILES string of the molecule is CC(O)CN(C(=O)C(C)c1ccc2ccccc2c1)C(C)C. The van der Waals surface area contributed by atoms with Crippen LogP contribution < -0.4 is 0 Å². The second kappa shape index (κ2) is 6.93. The van der Waals surface area contributed by atoms with Gasteiger partial charge in [0, 0.05) is 12.6 Å². The molecule has 1 amide bonds. The van der Waals surface area contributed by atoms with Crippen molar-refractivity contribution in [2.24, 2.45) is 0 Å². The molecule has 0 heterocycles. The summed E-state index contributed by atoms with van der Waals surface area (Å²) in [4.78, 5) is 14.5. The first-order valence-electron chi connectivity index (χ1n) is 7.87.